The lowest BCUT2D eigenvalue weighted by Crippen LogP contribution is -2.31. The van der Waals surface area contributed by atoms with Crippen LogP contribution in [0.2, 0.25) is 0 Å². The first-order valence-electron chi connectivity index (χ1n) is 4.20. The molecular weight excluding hydrogens is 124 g/mol. The fourth-order valence-electron chi connectivity index (χ4n) is 1.15. The van der Waals surface area contributed by atoms with Crippen molar-refractivity contribution in [3.8, 4) is 0 Å². The molecule has 2 heteroatoms. The van der Waals surface area contributed by atoms with Gasteiger partial charge in [-0.1, -0.05) is 26.7 Å². The van der Waals surface area contributed by atoms with Crippen LogP contribution in [0, 0.1) is 5.92 Å². The Morgan fingerprint density at radius 1 is 1.20 bits per heavy atom. The van der Waals surface area contributed by atoms with Crippen molar-refractivity contribution in [1.82, 2.24) is 0 Å². The highest BCUT2D eigenvalue weighted by Crippen LogP contribution is 2.13. The minimum atomic E-state index is 0.213. The zero-order valence-corrected chi connectivity index (χ0v) is 7.14. The summed E-state index contributed by atoms with van der Waals surface area (Å²) >= 11 is 0. The van der Waals surface area contributed by atoms with Crippen LogP contribution in [0.15, 0.2) is 0 Å². The van der Waals surface area contributed by atoms with Crippen LogP contribution in [0.25, 0.3) is 0 Å². The lowest BCUT2D eigenvalue weighted by Gasteiger charge is -2.16. The molecule has 1 atom stereocenters. The number of hydrogen-bond donors (Lipinski definition) is 2. The van der Waals surface area contributed by atoms with E-state index in [9.17, 15) is 0 Å². The van der Waals surface area contributed by atoms with E-state index in [1.165, 1.54) is 12.8 Å². The van der Waals surface area contributed by atoms with Crippen molar-refractivity contribution >= 4 is 0 Å². The minimum Gasteiger partial charge on any atom is -0.329 e. The van der Waals surface area contributed by atoms with Crippen molar-refractivity contribution in [2.75, 3.05) is 6.54 Å². The van der Waals surface area contributed by atoms with E-state index in [1.807, 2.05) is 0 Å². The van der Waals surface area contributed by atoms with Crippen molar-refractivity contribution in [2.45, 2.75) is 39.2 Å². The maximum absolute atomic E-state index is 5.70. The van der Waals surface area contributed by atoms with Gasteiger partial charge in [0.15, 0.2) is 0 Å². The Morgan fingerprint density at radius 3 is 2.00 bits per heavy atom. The third-order valence-corrected chi connectivity index (χ3v) is 2.09. The van der Waals surface area contributed by atoms with E-state index in [0.717, 1.165) is 12.3 Å². The highest BCUT2D eigenvalue weighted by atomic mass is 14.7. The van der Waals surface area contributed by atoms with Gasteiger partial charge in [-0.15, -0.1) is 0 Å². The van der Waals surface area contributed by atoms with Crippen LogP contribution in [-0.4, -0.2) is 12.6 Å². The molecule has 10 heavy (non-hydrogen) atoms. The first-order chi connectivity index (χ1) is 4.74. The van der Waals surface area contributed by atoms with Crippen LogP contribution in [-0.2, 0) is 0 Å². The zero-order chi connectivity index (χ0) is 7.98. The molecule has 0 spiro atoms. The van der Waals surface area contributed by atoms with E-state index in [4.69, 9.17) is 11.5 Å². The summed E-state index contributed by atoms with van der Waals surface area (Å²) in [5, 5.41) is 0. The van der Waals surface area contributed by atoms with E-state index >= 15 is 0 Å². The lowest BCUT2D eigenvalue weighted by atomic mass is 9.95. The van der Waals surface area contributed by atoms with Crippen molar-refractivity contribution < 1.29 is 0 Å². The summed E-state index contributed by atoms with van der Waals surface area (Å²) in [6.45, 7) is 5.03. The van der Waals surface area contributed by atoms with E-state index in [-0.39, 0.29) is 6.04 Å². The van der Waals surface area contributed by atoms with Crippen molar-refractivity contribution in [3.05, 3.63) is 0 Å². The third-order valence-electron chi connectivity index (χ3n) is 2.09. The molecule has 0 bridgehead atoms. The van der Waals surface area contributed by atoms with E-state index in [0.29, 0.717) is 6.54 Å². The Morgan fingerprint density at radius 2 is 1.70 bits per heavy atom. The highest BCUT2D eigenvalue weighted by Gasteiger charge is 2.07. The van der Waals surface area contributed by atoms with E-state index in [2.05, 4.69) is 13.8 Å². The van der Waals surface area contributed by atoms with Gasteiger partial charge in [-0.25, -0.2) is 0 Å². The molecular formula is C8H20N2. The maximum Gasteiger partial charge on any atom is 0.0165 e. The molecule has 4 N–H and O–H groups in total. The molecule has 0 fully saturated rings. The van der Waals surface area contributed by atoms with Crippen LogP contribution in [0.4, 0.5) is 0 Å². The van der Waals surface area contributed by atoms with Gasteiger partial charge in [0.25, 0.3) is 0 Å². The normalized spacial score (nSPS) is 14.1. The van der Waals surface area contributed by atoms with Crippen LogP contribution in [0.1, 0.15) is 33.1 Å². The summed E-state index contributed by atoms with van der Waals surface area (Å²) in [5.41, 5.74) is 11.1. The number of nitrogens with two attached hydrogens (primary N) is 2. The first-order valence-corrected chi connectivity index (χ1v) is 4.20. The quantitative estimate of drug-likeness (QED) is 0.607. The van der Waals surface area contributed by atoms with Crippen LogP contribution < -0.4 is 11.5 Å². The molecule has 0 rings (SSSR count). The summed E-state index contributed by atoms with van der Waals surface area (Å²) < 4.78 is 0. The number of rotatable bonds is 5. The van der Waals surface area contributed by atoms with Gasteiger partial charge < -0.3 is 11.5 Å². The molecule has 2 nitrogen and oxygen atoms in total. The molecule has 0 aliphatic heterocycles. The van der Waals surface area contributed by atoms with E-state index in [1.54, 1.807) is 0 Å². The largest absolute Gasteiger partial charge is 0.329 e. The van der Waals surface area contributed by atoms with E-state index < -0.39 is 0 Å². The van der Waals surface area contributed by atoms with Gasteiger partial charge in [0.2, 0.25) is 0 Å². The van der Waals surface area contributed by atoms with Gasteiger partial charge in [0, 0.05) is 12.6 Å². The molecule has 0 radical (unpaired) electrons. The predicted molar refractivity (Wildman–Crippen MR) is 45.7 cm³/mol. The molecule has 1 unspecified atom stereocenters. The Balaban J connectivity index is 3.41. The molecule has 0 aliphatic rings. The standard InChI is InChI=1S/C8H20N2/c1-3-7(4-2)5-8(10)6-9/h7-8H,3-6,9-10H2,1-2H3. The van der Waals surface area contributed by atoms with Gasteiger partial charge in [-0.05, 0) is 12.3 Å². The summed E-state index contributed by atoms with van der Waals surface area (Å²) in [7, 11) is 0. The molecule has 0 heterocycles. The third kappa shape index (κ3) is 3.85. The van der Waals surface area contributed by atoms with Gasteiger partial charge >= 0.3 is 0 Å². The second-order valence-corrected chi connectivity index (χ2v) is 2.91. The first kappa shape index (κ1) is 9.92. The minimum absolute atomic E-state index is 0.213. The second kappa shape index (κ2) is 5.69. The summed E-state index contributed by atoms with van der Waals surface area (Å²) in [4.78, 5) is 0. The topological polar surface area (TPSA) is 52.0 Å². The fourth-order valence-corrected chi connectivity index (χ4v) is 1.15. The maximum atomic E-state index is 5.70. The average molecular weight is 144 g/mol. The fraction of sp³-hybridized carbons (Fsp3) is 1.00. The Kier molecular flexibility index (Phi) is 5.64. The van der Waals surface area contributed by atoms with Crippen molar-refractivity contribution in [3.63, 3.8) is 0 Å². The molecule has 0 saturated heterocycles. The Hall–Kier alpha value is -0.0800. The monoisotopic (exact) mass is 144 g/mol. The number of hydrogen-bond acceptors (Lipinski definition) is 2. The van der Waals surface area contributed by atoms with Gasteiger partial charge in [-0.3, -0.25) is 0 Å². The predicted octanol–water partition coefficient (Wildman–Crippen LogP) is 1.10. The Labute approximate surface area is 64.0 Å². The average Bonchev–Trinajstić information content (AvgIpc) is 1.99. The van der Waals surface area contributed by atoms with Crippen molar-refractivity contribution in [1.29, 1.82) is 0 Å². The molecule has 0 aromatic carbocycles. The molecule has 0 aliphatic carbocycles. The second-order valence-electron chi connectivity index (χ2n) is 2.91. The molecule has 0 saturated carbocycles. The highest BCUT2D eigenvalue weighted by molar-refractivity contribution is 4.66. The van der Waals surface area contributed by atoms with Gasteiger partial charge in [0.05, 0.1) is 0 Å². The van der Waals surface area contributed by atoms with Crippen LogP contribution in [0.3, 0.4) is 0 Å². The smallest absolute Gasteiger partial charge is 0.0165 e. The van der Waals surface area contributed by atoms with Gasteiger partial charge in [-0.2, -0.15) is 0 Å². The summed E-state index contributed by atoms with van der Waals surface area (Å²) in [6, 6.07) is 0.213. The SMILES string of the molecule is CCC(CC)CC(N)CN. The zero-order valence-electron chi connectivity index (χ0n) is 7.14. The summed E-state index contributed by atoms with van der Waals surface area (Å²) in [5.74, 6) is 0.776. The molecule has 62 valence electrons. The lowest BCUT2D eigenvalue weighted by molar-refractivity contribution is 0.412. The van der Waals surface area contributed by atoms with Crippen molar-refractivity contribution in [2.24, 2.45) is 17.4 Å². The molecule has 0 amide bonds. The van der Waals surface area contributed by atoms with Gasteiger partial charge in [0.1, 0.15) is 0 Å². The Bertz CT molecular complexity index is 69.7. The molecule has 0 aromatic rings. The van der Waals surface area contributed by atoms with Crippen LogP contribution >= 0.6 is 0 Å². The summed E-state index contributed by atoms with van der Waals surface area (Å²) in [6.07, 6.45) is 3.54. The molecule has 0 aromatic heterocycles. The van der Waals surface area contributed by atoms with Crippen LogP contribution in [0.5, 0.6) is 0 Å².